The molecule has 1 heterocycles. The highest BCUT2D eigenvalue weighted by atomic mass is 16.6. The number of nitro groups is 1. The Morgan fingerprint density at radius 2 is 2.10 bits per heavy atom. The van der Waals surface area contributed by atoms with Gasteiger partial charge in [0.1, 0.15) is 11.3 Å². The van der Waals surface area contributed by atoms with E-state index in [1.165, 1.54) is 30.2 Å². The molecular formula is C13H16N2O5. The Hall–Kier alpha value is -2.15. The first-order chi connectivity index (χ1) is 9.52. The molecule has 1 aromatic rings. The smallest absolute Gasteiger partial charge is 0.282 e. The summed E-state index contributed by atoms with van der Waals surface area (Å²) in [5, 5.41) is 20.5. The summed E-state index contributed by atoms with van der Waals surface area (Å²) in [5.41, 5.74) is -0.215. The Kier molecular flexibility index (Phi) is 4.19. The molecule has 1 N–H and O–H groups in total. The first-order valence-corrected chi connectivity index (χ1v) is 6.32. The van der Waals surface area contributed by atoms with Crippen molar-refractivity contribution in [2.45, 2.75) is 18.9 Å². The standard InChI is InChI=1S/C13H16N2O5/c1-20-10-2-3-12(15(18)19)11(8-10)13(17)14-6-4-9(16)5-7-14/h2-3,8-9,16H,4-7H2,1H3. The van der Waals surface area contributed by atoms with E-state index in [1.807, 2.05) is 0 Å². The van der Waals surface area contributed by atoms with Crippen LogP contribution in [0.2, 0.25) is 0 Å². The van der Waals surface area contributed by atoms with Gasteiger partial charge >= 0.3 is 0 Å². The summed E-state index contributed by atoms with van der Waals surface area (Å²) in [5.74, 6) is -0.00139. The monoisotopic (exact) mass is 280 g/mol. The second-order valence-electron chi connectivity index (χ2n) is 4.66. The van der Waals surface area contributed by atoms with Crippen LogP contribution in [0.5, 0.6) is 5.75 Å². The van der Waals surface area contributed by atoms with Crippen LogP contribution < -0.4 is 4.74 Å². The van der Waals surface area contributed by atoms with Crippen LogP contribution >= 0.6 is 0 Å². The van der Waals surface area contributed by atoms with E-state index in [0.29, 0.717) is 31.7 Å². The van der Waals surface area contributed by atoms with Crippen molar-refractivity contribution in [2.24, 2.45) is 0 Å². The fourth-order valence-electron chi connectivity index (χ4n) is 2.21. The van der Waals surface area contributed by atoms with Crippen LogP contribution in [0, 0.1) is 10.1 Å². The number of piperidine rings is 1. The normalized spacial score (nSPS) is 16.0. The molecule has 0 atom stereocenters. The average Bonchev–Trinajstić information content (AvgIpc) is 2.46. The lowest BCUT2D eigenvalue weighted by atomic mass is 10.1. The van der Waals surface area contributed by atoms with Gasteiger partial charge in [-0.1, -0.05) is 0 Å². The summed E-state index contributed by atoms with van der Waals surface area (Å²) in [6.07, 6.45) is 0.576. The first kappa shape index (κ1) is 14.3. The molecule has 0 spiro atoms. The fourth-order valence-corrected chi connectivity index (χ4v) is 2.21. The molecule has 0 bridgehead atoms. The van der Waals surface area contributed by atoms with Crippen LogP contribution in [0.1, 0.15) is 23.2 Å². The van der Waals surface area contributed by atoms with Crippen LogP contribution in [0.3, 0.4) is 0 Å². The lowest BCUT2D eigenvalue weighted by Gasteiger charge is -2.29. The number of methoxy groups -OCH3 is 1. The van der Waals surface area contributed by atoms with Crippen LogP contribution in [0.4, 0.5) is 5.69 Å². The number of amides is 1. The van der Waals surface area contributed by atoms with E-state index in [2.05, 4.69) is 0 Å². The topological polar surface area (TPSA) is 92.9 Å². The Morgan fingerprint density at radius 1 is 1.45 bits per heavy atom. The average molecular weight is 280 g/mol. The number of rotatable bonds is 3. The van der Waals surface area contributed by atoms with Crippen LogP contribution in [-0.4, -0.2) is 47.1 Å². The number of nitro benzene ring substituents is 1. The van der Waals surface area contributed by atoms with E-state index >= 15 is 0 Å². The van der Waals surface area contributed by atoms with E-state index < -0.39 is 16.9 Å². The molecule has 1 aliphatic rings. The van der Waals surface area contributed by atoms with E-state index in [0.717, 1.165) is 0 Å². The summed E-state index contributed by atoms with van der Waals surface area (Å²) in [6, 6.07) is 4.10. The first-order valence-electron chi connectivity index (χ1n) is 6.32. The van der Waals surface area contributed by atoms with Crippen molar-refractivity contribution in [3.63, 3.8) is 0 Å². The molecule has 1 fully saturated rings. The molecule has 0 saturated carbocycles. The minimum atomic E-state index is -0.578. The number of hydrogen-bond donors (Lipinski definition) is 1. The Bertz CT molecular complexity index is 523. The second kappa shape index (κ2) is 5.87. The van der Waals surface area contributed by atoms with Crippen LogP contribution in [0.15, 0.2) is 18.2 Å². The number of aliphatic hydroxyl groups excluding tert-OH is 1. The second-order valence-corrected chi connectivity index (χ2v) is 4.66. The summed E-state index contributed by atoms with van der Waals surface area (Å²) in [4.78, 5) is 24.3. The molecule has 1 saturated heterocycles. The van der Waals surface area contributed by atoms with Crippen molar-refractivity contribution in [2.75, 3.05) is 20.2 Å². The van der Waals surface area contributed by atoms with Gasteiger partial charge in [0.2, 0.25) is 0 Å². The molecule has 108 valence electrons. The van der Waals surface area contributed by atoms with Crippen molar-refractivity contribution in [3.8, 4) is 5.75 Å². The predicted octanol–water partition coefficient (Wildman–Crippen LogP) is 1.20. The molecule has 7 nitrogen and oxygen atoms in total. The molecule has 2 rings (SSSR count). The third-order valence-corrected chi connectivity index (χ3v) is 3.38. The zero-order chi connectivity index (χ0) is 14.7. The van der Waals surface area contributed by atoms with E-state index in [-0.39, 0.29) is 11.3 Å². The summed E-state index contributed by atoms with van der Waals surface area (Å²) < 4.78 is 5.01. The van der Waals surface area contributed by atoms with E-state index in [9.17, 15) is 20.0 Å². The maximum Gasteiger partial charge on any atom is 0.282 e. The van der Waals surface area contributed by atoms with E-state index in [1.54, 1.807) is 0 Å². The molecule has 1 aliphatic heterocycles. The minimum absolute atomic E-state index is 0.0192. The van der Waals surface area contributed by atoms with Gasteiger partial charge in [-0.2, -0.15) is 0 Å². The number of likely N-dealkylation sites (tertiary alicyclic amines) is 1. The summed E-state index contributed by atoms with van der Waals surface area (Å²) >= 11 is 0. The highest BCUT2D eigenvalue weighted by Crippen LogP contribution is 2.26. The molecule has 20 heavy (non-hydrogen) atoms. The van der Waals surface area contributed by atoms with Crippen LogP contribution in [-0.2, 0) is 0 Å². The largest absolute Gasteiger partial charge is 0.497 e. The predicted molar refractivity (Wildman–Crippen MR) is 70.8 cm³/mol. The van der Waals surface area contributed by atoms with Gasteiger partial charge < -0.3 is 14.7 Å². The van der Waals surface area contributed by atoms with Gasteiger partial charge in [-0.25, -0.2) is 0 Å². The van der Waals surface area contributed by atoms with E-state index in [4.69, 9.17) is 4.74 Å². The molecule has 1 aromatic carbocycles. The van der Waals surface area contributed by atoms with Gasteiger partial charge in [0.25, 0.3) is 11.6 Å². The highest BCUT2D eigenvalue weighted by Gasteiger charge is 2.28. The molecule has 7 heteroatoms. The number of hydrogen-bond acceptors (Lipinski definition) is 5. The highest BCUT2D eigenvalue weighted by molar-refractivity contribution is 5.98. The number of carbonyl (C=O) groups excluding carboxylic acids is 1. The third-order valence-electron chi connectivity index (χ3n) is 3.38. The lowest BCUT2D eigenvalue weighted by molar-refractivity contribution is -0.385. The van der Waals surface area contributed by atoms with Gasteiger partial charge in [0.15, 0.2) is 0 Å². The van der Waals surface area contributed by atoms with Gasteiger partial charge in [0.05, 0.1) is 18.1 Å². The van der Waals surface area contributed by atoms with Crippen molar-refractivity contribution < 1.29 is 19.6 Å². The maximum atomic E-state index is 12.4. The number of benzene rings is 1. The Labute approximate surface area is 115 Å². The number of carbonyl (C=O) groups is 1. The Morgan fingerprint density at radius 3 is 2.65 bits per heavy atom. The minimum Gasteiger partial charge on any atom is -0.497 e. The summed E-state index contributed by atoms with van der Waals surface area (Å²) in [7, 11) is 1.44. The van der Waals surface area contributed by atoms with Crippen LogP contribution in [0.25, 0.3) is 0 Å². The van der Waals surface area contributed by atoms with Crippen molar-refractivity contribution in [3.05, 3.63) is 33.9 Å². The zero-order valence-corrected chi connectivity index (χ0v) is 11.1. The van der Waals surface area contributed by atoms with Gasteiger partial charge in [-0.3, -0.25) is 14.9 Å². The Balaban J connectivity index is 2.30. The maximum absolute atomic E-state index is 12.4. The number of ether oxygens (including phenoxy) is 1. The molecule has 0 aliphatic carbocycles. The number of nitrogens with zero attached hydrogens (tertiary/aromatic N) is 2. The summed E-state index contributed by atoms with van der Waals surface area (Å²) in [6.45, 7) is 0.794. The molecule has 1 amide bonds. The molecule has 0 aromatic heterocycles. The lowest BCUT2D eigenvalue weighted by Crippen LogP contribution is -2.40. The van der Waals surface area contributed by atoms with Gasteiger partial charge in [-0.05, 0) is 25.0 Å². The van der Waals surface area contributed by atoms with Gasteiger partial charge in [0, 0.05) is 19.2 Å². The SMILES string of the molecule is COc1ccc([N+](=O)[O-])c(C(=O)N2CCC(O)CC2)c1. The van der Waals surface area contributed by atoms with Crippen molar-refractivity contribution in [1.82, 2.24) is 4.90 Å². The molecular weight excluding hydrogens is 264 g/mol. The van der Waals surface area contributed by atoms with Crippen molar-refractivity contribution >= 4 is 11.6 Å². The third kappa shape index (κ3) is 2.88. The fraction of sp³-hybridized carbons (Fsp3) is 0.462. The molecule has 0 unspecified atom stereocenters. The zero-order valence-electron chi connectivity index (χ0n) is 11.1. The van der Waals surface area contributed by atoms with Crippen molar-refractivity contribution in [1.29, 1.82) is 0 Å². The molecule has 0 radical (unpaired) electrons. The quantitative estimate of drug-likeness (QED) is 0.663. The number of aliphatic hydroxyl groups is 1. The van der Waals surface area contributed by atoms with Gasteiger partial charge in [-0.15, -0.1) is 0 Å².